The number of aliphatic carboxylic acids is 2. The van der Waals surface area contributed by atoms with Gasteiger partial charge < -0.3 is 10.2 Å². The summed E-state index contributed by atoms with van der Waals surface area (Å²) < 4.78 is 0. The van der Waals surface area contributed by atoms with Gasteiger partial charge >= 0.3 is 11.9 Å². The highest BCUT2D eigenvalue weighted by atomic mass is 16.4. The summed E-state index contributed by atoms with van der Waals surface area (Å²) in [5, 5.41) is 17.1. The Morgan fingerprint density at radius 1 is 0.875 bits per heavy atom. The monoisotopic (exact) mass is 222 g/mol. The minimum atomic E-state index is -1.50. The van der Waals surface area contributed by atoms with Crippen LogP contribution in [0.15, 0.2) is 48.6 Å². The number of allylic oxidation sites excluding steroid dienone is 7. The predicted octanol–water partition coefficient (Wildman–Crippen LogP) is 2.02. The van der Waals surface area contributed by atoms with Crippen molar-refractivity contribution in [3.05, 3.63) is 48.6 Å². The van der Waals surface area contributed by atoms with E-state index in [1.54, 1.807) is 24.3 Å². The van der Waals surface area contributed by atoms with Crippen LogP contribution >= 0.6 is 0 Å². The molecule has 0 rings (SSSR count). The van der Waals surface area contributed by atoms with E-state index in [-0.39, 0.29) is 0 Å². The van der Waals surface area contributed by atoms with Gasteiger partial charge in [-0.1, -0.05) is 48.6 Å². The summed E-state index contributed by atoms with van der Waals surface area (Å²) >= 11 is 0. The fraction of sp³-hybridized carbons (Fsp3) is 0.167. The minimum absolute atomic E-state index is 1.12. The molecule has 0 heterocycles. The van der Waals surface area contributed by atoms with Crippen molar-refractivity contribution >= 4 is 11.9 Å². The molecule has 0 aliphatic heterocycles. The Hall–Kier alpha value is -2.10. The normalized spacial score (nSPS) is 12.6. The number of carboxylic acid groups (broad SMARTS) is 2. The third kappa shape index (κ3) is 6.37. The predicted molar refractivity (Wildman–Crippen MR) is 61.0 cm³/mol. The number of hydrogen-bond donors (Lipinski definition) is 2. The second kappa shape index (κ2) is 8.23. The second-order valence-electron chi connectivity index (χ2n) is 2.83. The van der Waals surface area contributed by atoms with Crippen molar-refractivity contribution in [1.29, 1.82) is 0 Å². The first kappa shape index (κ1) is 13.9. The first-order valence-corrected chi connectivity index (χ1v) is 4.68. The van der Waals surface area contributed by atoms with Crippen LogP contribution in [0.5, 0.6) is 0 Å². The zero-order chi connectivity index (χ0) is 12.4. The Morgan fingerprint density at radius 3 is 1.75 bits per heavy atom. The van der Waals surface area contributed by atoms with Gasteiger partial charge in [-0.15, -0.1) is 0 Å². The summed E-state index contributed by atoms with van der Waals surface area (Å²) in [5.41, 5.74) is 0. The molecule has 0 aliphatic rings. The van der Waals surface area contributed by atoms with E-state index in [0.29, 0.717) is 0 Å². The lowest BCUT2D eigenvalue weighted by atomic mass is 10.1. The summed E-state index contributed by atoms with van der Waals surface area (Å²) in [6, 6.07) is 0. The topological polar surface area (TPSA) is 74.6 Å². The number of rotatable bonds is 6. The molecule has 0 radical (unpaired) electrons. The lowest BCUT2D eigenvalue weighted by molar-refractivity contribution is -0.151. The molecule has 0 saturated heterocycles. The van der Waals surface area contributed by atoms with Crippen LogP contribution in [0.4, 0.5) is 0 Å². The van der Waals surface area contributed by atoms with Crippen LogP contribution in [0.25, 0.3) is 0 Å². The average molecular weight is 222 g/mol. The van der Waals surface area contributed by atoms with Crippen molar-refractivity contribution in [2.24, 2.45) is 5.92 Å². The molecular weight excluding hydrogens is 208 g/mol. The highest BCUT2D eigenvalue weighted by Gasteiger charge is 2.21. The maximum atomic E-state index is 10.5. The second-order valence-corrected chi connectivity index (χ2v) is 2.83. The Labute approximate surface area is 93.9 Å². The van der Waals surface area contributed by atoms with Crippen LogP contribution in [0.3, 0.4) is 0 Å². The quantitative estimate of drug-likeness (QED) is 0.532. The molecular formula is C12H14O4. The van der Waals surface area contributed by atoms with Crippen molar-refractivity contribution < 1.29 is 19.8 Å². The van der Waals surface area contributed by atoms with Crippen LogP contribution < -0.4 is 0 Å². The average Bonchev–Trinajstić information content (AvgIpc) is 2.21. The maximum Gasteiger partial charge on any atom is 0.321 e. The van der Waals surface area contributed by atoms with Gasteiger partial charge in [-0.2, -0.15) is 0 Å². The largest absolute Gasteiger partial charge is 0.480 e. The molecule has 0 atom stereocenters. The summed E-state index contributed by atoms with van der Waals surface area (Å²) in [4.78, 5) is 20.9. The highest BCUT2D eigenvalue weighted by Crippen LogP contribution is 1.99. The Bertz CT molecular complexity index is 334. The van der Waals surface area contributed by atoms with E-state index in [1.807, 2.05) is 19.1 Å². The smallest absolute Gasteiger partial charge is 0.321 e. The lowest BCUT2D eigenvalue weighted by Crippen LogP contribution is -2.20. The SMILES string of the molecule is CC=CC=CC=CC=CC(C(=O)O)C(=O)O. The fourth-order valence-corrected chi connectivity index (χ4v) is 0.813. The van der Waals surface area contributed by atoms with Crippen LogP contribution in [0, 0.1) is 5.92 Å². The van der Waals surface area contributed by atoms with E-state index in [0.717, 1.165) is 6.08 Å². The van der Waals surface area contributed by atoms with Crippen LogP contribution in [0.2, 0.25) is 0 Å². The van der Waals surface area contributed by atoms with Crippen molar-refractivity contribution in [1.82, 2.24) is 0 Å². The van der Waals surface area contributed by atoms with Gasteiger partial charge in [0.25, 0.3) is 0 Å². The summed E-state index contributed by atoms with van der Waals surface area (Å²) in [5.74, 6) is -4.24. The van der Waals surface area contributed by atoms with Gasteiger partial charge in [0.1, 0.15) is 0 Å². The third-order valence-corrected chi connectivity index (χ3v) is 1.58. The van der Waals surface area contributed by atoms with E-state index in [1.165, 1.54) is 6.08 Å². The Morgan fingerprint density at radius 2 is 1.31 bits per heavy atom. The van der Waals surface area contributed by atoms with Gasteiger partial charge in [0.05, 0.1) is 0 Å². The van der Waals surface area contributed by atoms with Gasteiger partial charge in [0.2, 0.25) is 0 Å². The number of carbonyl (C=O) groups is 2. The molecule has 0 unspecified atom stereocenters. The fourth-order valence-electron chi connectivity index (χ4n) is 0.813. The first-order chi connectivity index (χ1) is 7.59. The van der Waals surface area contributed by atoms with E-state index < -0.39 is 17.9 Å². The van der Waals surface area contributed by atoms with Gasteiger partial charge in [0, 0.05) is 0 Å². The molecule has 0 aromatic rings. The molecule has 86 valence electrons. The minimum Gasteiger partial charge on any atom is -0.480 e. The molecule has 0 aliphatic carbocycles. The molecule has 0 aromatic carbocycles. The van der Waals surface area contributed by atoms with E-state index in [2.05, 4.69) is 0 Å². The summed E-state index contributed by atoms with van der Waals surface area (Å²) in [6.07, 6.45) is 13.0. The van der Waals surface area contributed by atoms with Crippen LogP contribution in [-0.2, 0) is 9.59 Å². The van der Waals surface area contributed by atoms with Crippen molar-refractivity contribution in [3.63, 3.8) is 0 Å². The summed E-state index contributed by atoms with van der Waals surface area (Å²) in [7, 11) is 0. The first-order valence-electron chi connectivity index (χ1n) is 4.68. The van der Waals surface area contributed by atoms with Crippen molar-refractivity contribution in [2.75, 3.05) is 0 Å². The lowest BCUT2D eigenvalue weighted by Gasteiger charge is -1.98. The standard InChI is InChI=1S/C12H14O4/c1-2-3-4-5-6-7-8-9-10(11(13)14)12(15)16/h2-10H,1H3,(H,13,14)(H,15,16). The molecule has 4 nitrogen and oxygen atoms in total. The van der Waals surface area contributed by atoms with Crippen LogP contribution in [0.1, 0.15) is 6.92 Å². The molecule has 0 amide bonds. The van der Waals surface area contributed by atoms with Gasteiger partial charge in [-0.3, -0.25) is 9.59 Å². The van der Waals surface area contributed by atoms with Crippen molar-refractivity contribution in [2.45, 2.75) is 6.92 Å². The Kier molecular flexibility index (Phi) is 7.15. The van der Waals surface area contributed by atoms with Gasteiger partial charge in [-0.05, 0) is 6.92 Å². The highest BCUT2D eigenvalue weighted by molar-refractivity contribution is 5.95. The van der Waals surface area contributed by atoms with E-state index in [4.69, 9.17) is 10.2 Å². The zero-order valence-electron chi connectivity index (χ0n) is 8.91. The number of hydrogen-bond acceptors (Lipinski definition) is 2. The van der Waals surface area contributed by atoms with Crippen LogP contribution in [-0.4, -0.2) is 22.2 Å². The van der Waals surface area contributed by atoms with Gasteiger partial charge in [-0.25, -0.2) is 0 Å². The van der Waals surface area contributed by atoms with E-state index in [9.17, 15) is 9.59 Å². The molecule has 4 heteroatoms. The molecule has 0 spiro atoms. The maximum absolute atomic E-state index is 10.5. The number of carboxylic acids is 2. The molecule has 16 heavy (non-hydrogen) atoms. The third-order valence-electron chi connectivity index (χ3n) is 1.58. The van der Waals surface area contributed by atoms with Crippen molar-refractivity contribution in [3.8, 4) is 0 Å². The molecule has 0 bridgehead atoms. The zero-order valence-corrected chi connectivity index (χ0v) is 8.91. The molecule has 0 fully saturated rings. The van der Waals surface area contributed by atoms with Gasteiger partial charge in [0.15, 0.2) is 5.92 Å². The van der Waals surface area contributed by atoms with E-state index >= 15 is 0 Å². The Balaban J connectivity index is 4.26. The molecule has 2 N–H and O–H groups in total. The molecule has 0 saturated carbocycles. The molecule has 0 aromatic heterocycles. The summed E-state index contributed by atoms with van der Waals surface area (Å²) in [6.45, 7) is 1.89.